The van der Waals surface area contributed by atoms with Gasteiger partial charge in [-0.15, -0.1) is 0 Å². The molecule has 2 nitrogen and oxygen atoms in total. The van der Waals surface area contributed by atoms with Gasteiger partial charge in [-0.05, 0) is 31.0 Å². The lowest BCUT2D eigenvalue weighted by Crippen LogP contribution is -2.31. The molecule has 1 unspecified atom stereocenters. The van der Waals surface area contributed by atoms with Crippen molar-refractivity contribution < 1.29 is 5.11 Å². The number of nitrogens with two attached hydrogens (primary N) is 1. The summed E-state index contributed by atoms with van der Waals surface area (Å²) in [5.74, 6) is 0. The van der Waals surface area contributed by atoms with Crippen molar-refractivity contribution in [2.24, 2.45) is 5.73 Å². The number of rotatable bonds is 2. The summed E-state index contributed by atoms with van der Waals surface area (Å²) < 4.78 is 0.999. The third-order valence-corrected chi connectivity index (χ3v) is 3.05. The van der Waals surface area contributed by atoms with Crippen molar-refractivity contribution in [1.29, 1.82) is 0 Å². The molecule has 1 rings (SSSR count). The Morgan fingerprint density at radius 3 is 2.62 bits per heavy atom. The van der Waals surface area contributed by atoms with Gasteiger partial charge >= 0.3 is 0 Å². The van der Waals surface area contributed by atoms with Gasteiger partial charge < -0.3 is 10.8 Å². The molecule has 1 atom stereocenters. The first kappa shape index (κ1) is 10.7. The Morgan fingerprint density at radius 2 is 2.15 bits per heavy atom. The lowest BCUT2D eigenvalue weighted by Gasteiger charge is -2.22. The highest BCUT2D eigenvalue weighted by Crippen LogP contribution is 2.24. The number of aliphatic hydroxyl groups is 1. The molecule has 1 aromatic carbocycles. The van der Waals surface area contributed by atoms with Crippen LogP contribution < -0.4 is 5.73 Å². The van der Waals surface area contributed by atoms with Crippen molar-refractivity contribution in [3.05, 3.63) is 33.8 Å². The zero-order valence-electron chi connectivity index (χ0n) is 7.84. The molecular weight excluding hydrogens is 230 g/mol. The third kappa shape index (κ3) is 2.30. The average Bonchev–Trinajstić information content (AvgIpc) is 2.09. The van der Waals surface area contributed by atoms with Crippen molar-refractivity contribution >= 4 is 15.9 Å². The normalized spacial score (nSPS) is 15.5. The predicted molar refractivity (Wildman–Crippen MR) is 57.5 cm³/mol. The molecule has 0 aliphatic heterocycles. The maximum atomic E-state index is 9.86. The highest BCUT2D eigenvalue weighted by atomic mass is 79.9. The Kier molecular flexibility index (Phi) is 3.11. The molecule has 0 heterocycles. The van der Waals surface area contributed by atoms with Gasteiger partial charge in [-0.3, -0.25) is 0 Å². The van der Waals surface area contributed by atoms with E-state index in [2.05, 4.69) is 15.9 Å². The van der Waals surface area contributed by atoms with Crippen LogP contribution in [0.3, 0.4) is 0 Å². The van der Waals surface area contributed by atoms with E-state index in [1.165, 1.54) is 0 Å². The van der Waals surface area contributed by atoms with E-state index in [1.807, 2.05) is 25.1 Å². The lowest BCUT2D eigenvalue weighted by molar-refractivity contribution is 0.0668. The van der Waals surface area contributed by atoms with Gasteiger partial charge in [0.15, 0.2) is 0 Å². The molecule has 3 heteroatoms. The third-order valence-electron chi connectivity index (χ3n) is 2.19. The van der Waals surface area contributed by atoms with Crippen molar-refractivity contribution in [2.75, 3.05) is 6.54 Å². The van der Waals surface area contributed by atoms with Crippen LogP contribution >= 0.6 is 15.9 Å². The Hall–Kier alpha value is -0.380. The van der Waals surface area contributed by atoms with Crippen LogP contribution in [-0.2, 0) is 5.60 Å². The molecular formula is C10H14BrNO. The molecule has 0 saturated carbocycles. The Bertz CT molecular complexity index is 310. The topological polar surface area (TPSA) is 46.2 Å². The minimum atomic E-state index is -0.934. The SMILES string of the molecule is Cc1ccc(C(C)(O)CN)cc1Br. The summed E-state index contributed by atoms with van der Waals surface area (Å²) in [6, 6.07) is 5.76. The van der Waals surface area contributed by atoms with Crippen LogP contribution in [0.4, 0.5) is 0 Å². The first-order valence-electron chi connectivity index (χ1n) is 4.16. The smallest absolute Gasteiger partial charge is 0.0990 e. The summed E-state index contributed by atoms with van der Waals surface area (Å²) in [6.45, 7) is 3.94. The zero-order valence-corrected chi connectivity index (χ0v) is 9.43. The van der Waals surface area contributed by atoms with Crippen molar-refractivity contribution in [2.45, 2.75) is 19.4 Å². The van der Waals surface area contributed by atoms with Crippen LogP contribution in [0, 0.1) is 6.92 Å². The number of benzene rings is 1. The van der Waals surface area contributed by atoms with Crippen LogP contribution in [0.2, 0.25) is 0 Å². The molecule has 0 aromatic heterocycles. The molecule has 0 radical (unpaired) electrons. The molecule has 0 amide bonds. The van der Waals surface area contributed by atoms with E-state index in [0.29, 0.717) is 0 Å². The van der Waals surface area contributed by atoms with Gasteiger partial charge in [0.25, 0.3) is 0 Å². The Labute approximate surface area is 86.9 Å². The van der Waals surface area contributed by atoms with E-state index in [-0.39, 0.29) is 6.54 Å². The minimum Gasteiger partial charge on any atom is -0.384 e. The van der Waals surface area contributed by atoms with Gasteiger partial charge in [0, 0.05) is 11.0 Å². The Morgan fingerprint density at radius 1 is 1.54 bits per heavy atom. The van der Waals surface area contributed by atoms with E-state index < -0.39 is 5.60 Å². The van der Waals surface area contributed by atoms with Crippen LogP contribution in [0.25, 0.3) is 0 Å². The fourth-order valence-corrected chi connectivity index (χ4v) is 1.42. The maximum absolute atomic E-state index is 9.86. The first-order valence-corrected chi connectivity index (χ1v) is 4.96. The maximum Gasteiger partial charge on any atom is 0.0990 e. The molecule has 13 heavy (non-hydrogen) atoms. The summed E-state index contributed by atoms with van der Waals surface area (Å²) >= 11 is 3.42. The summed E-state index contributed by atoms with van der Waals surface area (Å²) in [5, 5.41) is 9.86. The summed E-state index contributed by atoms with van der Waals surface area (Å²) in [4.78, 5) is 0. The quantitative estimate of drug-likeness (QED) is 0.834. The van der Waals surface area contributed by atoms with Crippen molar-refractivity contribution in [3.8, 4) is 0 Å². The van der Waals surface area contributed by atoms with Crippen LogP contribution in [0.5, 0.6) is 0 Å². The van der Waals surface area contributed by atoms with Crippen molar-refractivity contribution in [3.63, 3.8) is 0 Å². The molecule has 0 spiro atoms. The molecule has 72 valence electrons. The van der Waals surface area contributed by atoms with E-state index in [1.54, 1.807) is 6.92 Å². The van der Waals surface area contributed by atoms with Crippen LogP contribution in [0.15, 0.2) is 22.7 Å². The second-order valence-electron chi connectivity index (χ2n) is 3.44. The second-order valence-corrected chi connectivity index (χ2v) is 4.30. The fraction of sp³-hybridized carbons (Fsp3) is 0.400. The van der Waals surface area contributed by atoms with E-state index in [0.717, 1.165) is 15.6 Å². The summed E-state index contributed by atoms with van der Waals surface area (Å²) in [5.41, 5.74) is 6.52. The fourth-order valence-electron chi connectivity index (χ4n) is 1.05. The van der Waals surface area contributed by atoms with Gasteiger partial charge in [0.2, 0.25) is 0 Å². The molecule has 0 aliphatic carbocycles. The lowest BCUT2D eigenvalue weighted by atomic mass is 9.95. The standard InChI is InChI=1S/C10H14BrNO/c1-7-3-4-8(5-9(7)11)10(2,13)6-12/h3-5,13H,6,12H2,1-2H3. The summed E-state index contributed by atoms with van der Waals surface area (Å²) in [7, 11) is 0. The first-order chi connectivity index (χ1) is 5.97. The van der Waals surface area contributed by atoms with Crippen LogP contribution in [0.1, 0.15) is 18.1 Å². The number of hydrogen-bond donors (Lipinski definition) is 2. The van der Waals surface area contributed by atoms with Gasteiger partial charge in [0.05, 0.1) is 5.60 Å². The van der Waals surface area contributed by atoms with Crippen LogP contribution in [-0.4, -0.2) is 11.7 Å². The number of halogens is 1. The minimum absolute atomic E-state index is 0.225. The largest absolute Gasteiger partial charge is 0.384 e. The van der Waals surface area contributed by atoms with Gasteiger partial charge in [0.1, 0.15) is 0 Å². The molecule has 0 fully saturated rings. The van der Waals surface area contributed by atoms with Gasteiger partial charge in [-0.2, -0.15) is 0 Å². The molecule has 0 aliphatic rings. The van der Waals surface area contributed by atoms with Gasteiger partial charge in [-0.25, -0.2) is 0 Å². The zero-order chi connectivity index (χ0) is 10.1. The Balaban J connectivity index is 3.10. The predicted octanol–water partition coefficient (Wildman–Crippen LogP) is 1.92. The highest BCUT2D eigenvalue weighted by molar-refractivity contribution is 9.10. The van der Waals surface area contributed by atoms with E-state index in [4.69, 9.17) is 5.73 Å². The number of aryl methyl sites for hydroxylation is 1. The second kappa shape index (κ2) is 3.78. The van der Waals surface area contributed by atoms with Gasteiger partial charge in [-0.1, -0.05) is 28.1 Å². The van der Waals surface area contributed by atoms with E-state index in [9.17, 15) is 5.11 Å². The molecule has 1 aromatic rings. The molecule has 0 bridgehead atoms. The molecule has 3 N–H and O–H groups in total. The molecule has 0 saturated heterocycles. The van der Waals surface area contributed by atoms with E-state index >= 15 is 0 Å². The van der Waals surface area contributed by atoms with Crippen molar-refractivity contribution in [1.82, 2.24) is 0 Å². The highest BCUT2D eigenvalue weighted by Gasteiger charge is 2.20. The number of hydrogen-bond acceptors (Lipinski definition) is 2. The average molecular weight is 244 g/mol. The summed E-state index contributed by atoms with van der Waals surface area (Å²) in [6.07, 6.45) is 0. The monoisotopic (exact) mass is 243 g/mol.